The van der Waals surface area contributed by atoms with Crippen molar-refractivity contribution in [1.82, 2.24) is 0 Å². The SMILES string of the molecule is CCc1ccc(Cc2c(Cl)cc(CO)cc2OC2O[C@H]([C@H](C)O)[C@@H](O)[C@H](O)[C@H]2O)cc1. The van der Waals surface area contributed by atoms with Crippen molar-refractivity contribution in [3.8, 4) is 5.75 Å². The van der Waals surface area contributed by atoms with Gasteiger partial charge in [-0.15, -0.1) is 0 Å². The fourth-order valence-electron chi connectivity index (χ4n) is 3.62. The van der Waals surface area contributed by atoms with Gasteiger partial charge in [0.15, 0.2) is 0 Å². The van der Waals surface area contributed by atoms with Crippen molar-refractivity contribution < 1.29 is 35.0 Å². The summed E-state index contributed by atoms with van der Waals surface area (Å²) in [7, 11) is 0. The van der Waals surface area contributed by atoms with Gasteiger partial charge in [0.1, 0.15) is 30.2 Å². The Hall–Kier alpha value is -1.71. The van der Waals surface area contributed by atoms with Crippen molar-refractivity contribution in [2.75, 3.05) is 0 Å². The average Bonchev–Trinajstić information content (AvgIpc) is 2.76. The zero-order valence-electron chi connectivity index (χ0n) is 17.5. The summed E-state index contributed by atoms with van der Waals surface area (Å²) < 4.78 is 11.4. The highest BCUT2D eigenvalue weighted by molar-refractivity contribution is 6.31. The van der Waals surface area contributed by atoms with E-state index in [1.54, 1.807) is 12.1 Å². The summed E-state index contributed by atoms with van der Waals surface area (Å²) in [4.78, 5) is 0. The van der Waals surface area contributed by atoms with E-state index in [2.05, 4.69) is 6.92 Å². The second kappa shape index (κ2) is 10.3. The molecule has 0 amide bonds. The molecule has 0 spiro atoms. The minimum Gasteiger partial charge on any atom is -0.462 e. The molecular weight excluding hydrogens is 424 g/mol. The van der Waals surface area contributed by atoms with Crippen LogP contribution >= 0.6 is 11.6 Å². The summed E-state index contributed by atoms with van der Waals surface area (Å²) in [5.74, 6) is 0.271. The topological polar surface area (TPSA) is 120 Å². The van der Waals surface area contributed by atoms with E-state index in [0.717, 1.165) is 12.0 Å². The van der Waals surface area contributed by atoms with Crippen molar-refractivity contribution in [1.29, 1.82) is 0 Å². The molecule has 0 bridgehead atoms. The van der Waals surface area contributed by atoms with Crippen LogP contribution in [0, 0.1) is 0 Å². The Labute approximate surface area is 186 Å². The number of aliphatic hydroxyl groups excluding tert-OH is 5. The first-order valence-electron chi connectivity index (χ1n) is 10.3. The fourth-order valence-corrected chi connectivity index (χ4v) is 3.92. The van der Waals surface area contributed by atoms with Crippen LogP contribution in [0.25, 0.3) is 0 Å². The van der Waals surface area contributed by atoms with E-state index >= 15 is 0 Å². The van der Waals surface area contributed by atoms with Gasteiger partial charge in [0.25, 0.3) is 0 Å². The summed E-state index contributed by atoms with van der Waals surface area (Å²) in [5, 5.41) is 50.5. The summed E-state index contributed by atoms with van der Waals surface area (Å²) in [5.41, 5.74) is 3.32. The van der Waals surface area contributed by atoms with Gasteiger partial charge in [-0.3, -0.25) is 0 Å². The van der Waals surface area contributed by atoms with Crippen molar-refractivity contribution in [3.63, 3.8) is 0 Å². The van der Waals surface area contributed by atoms with Gasteiger partial charge in [-0.2, -0.15) is 0 Å². The van der Waals surface area contributed by atoms with Crippen LogP contribution in [0.15, 0.2) is 36.4 Å². The van der Waals surface area contributed by atoms with Crippen LogP contribution in [0.1, 0.15) is 36.1 Å². The van der Waals surface area contributed by atoms with Gasteiger partial charge >= 0.3 is 0 Å². The largest absolute Gasteiger partial charge is 0.462 e. The maximum absolute atomic E-state index is 10.4. The molecular formula is C23H29ClO7. The van der Waals surface area contributed by atoms with Crippen LogP contribution in [-0.4, -0.2) is 62.3 Å². The first kappa shape index (κ1) is 23.9. The highest BCUT2D eigenvalue weighted by atomic mass is 35.5. The lowest BCUT2D eigenvalue weighted by molar-refractivity contribution is -0.286. The average molecular weight is 453 g/mol. The van der Waals surface area contributed by atoms with Crippen LogP contribution in [0.3, 0.4) is 0 Å². The normalized spacial score (nSPS) is 27.2. The predicted molar refractivity (Wildman–Crippen MR) is 115 cm³/mol. The Bertz CT molecular complexity index is 871. The van der Waals surface area contributed by atoms with Crippen LogP contribution in [-0.2, 0) is 24.2 Å². The number of rotatable bonds is 7. The van der Waals surface area contributed by atoms with E-state index in [9.17, 15) is 25.5 Å². The van der Waals surface area contributed by atoms with Crippen LogP contribution in [0.4, 0.5) is 0 Å². The molecule has 2 aromatic rings. The summed E-state index contributed by atoms with van der Waals surface area (Å²) in [6.45, 7) is 3.21. The zero-order valence-corrected chi connectivity index (χ0v) is 18.2. The molecule has 1 saturated heterocycles. The van der Waals surface area contributed by atoms with Gasteiger partial charge in [0, 0.05) is 17.0 Å². The standard InChI is InChI=1S/C23H29ClO7/c1-3-13-4-6-14(7-5-13)8-16-17(24)9-15(11-25)10-18(16)30-23-21(29)19(27)20(28)22(31-23)12(2)26/h4-7,9-10,12,19-23,25-29H,3,8,11H2,1-2H3/t12-,19-,20-,21+,22+,23?/m0/s1. The highest BCUT2D eigenvalue weighted by Gasteiger charge is 2.46. The second-order valence-corrected chi connectivity index (χ2v) is 8.27. The number of aliphatic hydroxyl groups is 5. The van der Waals surface area contributed by atoms with Crippen molar-refractivity contribution in [2.24, 2.45) is 0 Å². The molecule has 1 heterocycles. The van der Waals surface area contributed by atoms with Gasteiger partial charge in [0.2, 0.25) is 6.29 Å². The third kappa shape index (κ3) is 5.38. The monoisotopic (exact) mass is 452 g/mol. The molecule has 0 aromatic heterocycles. The Morgan fingerprint density at radius 2 is 1.65 bits per heavy atom. The molecule has 1 fully saturated rings. The Morgan fingerprint density at radius 1 is 1.00 bits per heavy atom. The smallest absolute Gasteiger partial charge is 0.229 e. The van der Waals surface area contributed by atoms with Gasteiger partial charge in [0.05, 0.1) is 12.7 Å². The number of aryl methyl sites for hydroxylation is 1. The molecule has 170 valence electrons. The van der Waals surface area contributed by atoms with Crippen molar-refractivity contribution in [2.45, 2.75) is 70.1 Å². The molecule has 0 saturated carbocycles. The minimum atomic E-state index is -1.57. The van der Waals surface area contributed by atoms with E-state index in [1.165, 1.54) is 12.5 Å². The second-order valence-electron chi connectivity index (χ2n) is 7.86. The molecule has 1 unspecified atom stereocenters. The molecule has 0 radical (unpaired) electrons. The predicted octanol–water partition coefficient (Wildman–Crippen LogP) is 1.55. The number of hydrogen-bond donors (Lipinski definition) is 5. The molecule has 0 aliphatic carbocycles. The van der Waals surface area contributed by atoms with Crippen LogP contribution in [0.5, 0.6) is 5.75 Å². The molecule has 6 atom stereocenters. The number of halogens is 1. The summed E-state index contributed by atoms with van der Waals surface area (Å²) in [6.07, 6.45) is -6.85. The molecule has 1 aliphatic rings. The lowest BCUT2D eigenvalue weighted by Gasteiger charge is -2.41. The quantitative estimate of drug-likeness (QED) is 0.432. The third-order valence-electron chi connectivity index (χ3n) is 5.53. The third-order valence-corrected chi connectivity index (χ3v) is 5.87. The molecule has 7 nitrogen and oxygen atoms in total. The van der Waals surface area contributed by atoms with E-state index in [4.69, 9.17) is 21.1 Å². The summed E-state index contributed by atoms with van der Waals surface area (Å²) in [6, 6.07) is 11.3. The molecule has 2 aromatic carbocycles. The van der Waals surface area contributed by atoms with Crippen molar-refractivity contribution in [3.05, 3.63) is 63.7 Å². The van der Waals surface area contributed by atoms with E-state index in [0.29, 0.717) is 22.6 Å². The fraction of sp³-hybridized carbons (Fsp3) is 0.478. The van der Waals surface area contributed by atoms with Gasteiger partial charge in [-0.05, 0) is 42.2 Å². The minimum absolute atomic E-state index is 0.271. The summed E-state index contributed by atoms with van der Waals surface area (Å²) >= 11 is 6.48. The van der Waals surface area contributed by atoms with E-state index in [-0.39, 0.29) is 12.4 Å². The van der Waals surface area contributed by atoms with Crippen LogP contribution < -0.4 is 4.74 Å². The number of benzene rings is 2. The Balaban J connectivity index is 1.92. The van der Waals surface area contributed by atoms with E-state index in [1.807, 2.05) is 24.3 Å². The maximum atomic E-state index is 10.4. The first-order valence-corrected chi connectivity index (χ1v) is 10.7. The van der Waals surface area contributed by atoms with E-state index < -0.39 is 36.8 Å². The zero-order chi connectivity index (χ0) is 22.7. The van der Waals surface area contributed by atoms with Crippen molar-refractivity contribution >= 4 is 11.6 Å². The lowest BCUT2D eigenvalue weighted by atomic mass is 9.96. The molecule has 1 aliphatic heterocycles. The maximum Gasteiger partial charge on any atom is 0.229 e. The van der Waals surface area contributed by atoms with Gasteiger partial charge < -0.3 is 35.0 Å². The lowest BCUT2D eigenvalue weighted by Crippen LogP contribution is -2.61. The molecule has 31 heavy (non-hydrogen) atoms. The molecule has 3 rings (SSSR count). The first-order chi connectivity index (χ1) is 14.7. The Kier molecular flexibility index (Phi) is 7.93. The Morgan fingerprint density at radius 3 is 2.23 bits per heavy atom. The number of ether oxygens (including phenoxy) is 2. The molecule has 8 heteroatoms. The van der Waals surface area contributed by atoms with Gasteiger partial charge in [-0.1, -0.05) is 42.8 Å². The number of hydrogen-bond acceptors (Lipinski definition) is 7. The highest BCUT2D eigenvalue weighted by Crippen LogP contribution is 2.34. The van der Waals surface area contributed by atoms with Crippen LogP contribution in [0.2, 0.25) is 5.02 Å². The van der Waals surface area contributed by atoms with Gasteiger partial charge in [-0.25, -0.2) is 0 Å². The molecule has 5 N–H and O–H groups in total.